The average molecular weight is 1600 g/mol. The molecule has 10 heteroatoms. The van der Waals surface area contributed by atoms with E-state index in [1.54, 1.807) is 0 Å². The fraction of sp³-hybridized carbons (Fsp3) is 0.509. The lowest BCUT2D eigenvalue weighted by molar-refractivity contribution is -0.141. The standard InChI is InChI=1S/C106H134N2O6S2/c1-9-13-17-19-21-25-29-77-31-39-79(40-32-77)81-47-51-83(52-48-81)85-55-59-91(60-56-85)115-95-65-66-96(116-92-61-57-86(58-62-92)84-53-49-82(50-54-84)80-41-33-78(34-42-80)30-26-22-20-18-14-10-2)100-99(95)101(109)97-93(107-89-67-71(5)103(72(6)68-89)113-105(111)87-43-35-75(36-44-87)27-23-15-11-3)63-64-94(98(97)102(100)110)108-90-69-73(7)104(74(8)70-90)114-106(112)88-45-37-76(38-46-88)28-24-16-12-4/h47-70,75-80,87-88,107-108H,9-46H2,1-8H3. The number of rotatable bonds is 38. The summed E-state index contributed by atoms with van der Waals surface area (Å²) in [5.41, 5.74) is 14.3. The number of hydrogen-bond acceptors (Lipinski definition) is 10. The maximum Gasteiger partial charge on any atom is 0.314 e. The molecule has 116 heavy (non-hydrogen) atoms. The maximum atomic E-state index is 16.6. The molecule has 0 aliphatic heterocycles. The van der Waals surface area contributed by atoms with Crippen LogP contribution >= 0.6 is 23.5 Å². The van der Waals surface area contributed by atoms with Crippen molar-refractivity contribution >= 4 is 69.8 Å². The summed E-state index contributed by atoms with van der Waals surface area (Å²) in [5, 5.41) is 7.35. The zero-order valence-electron chi connectivity index (χ0n) is 71.6. The normalized spacial score (nSPS) is 20.1. The molecule has 0 aromatic heterocycles. The molecule has 4 fully saturated rings. The third-order valence-corrected chi connectivity index (χ3v) is 29.3. The first-order valence-corrected chi connectivity index (χ1v) is 47.6. The van der Waals surface area contributed by atoms with Gasteiger partial charge in [0.2, 0.25) is 0 Å². The molecule has 0 unspecified atom stereocenters. The van der Waals surface area contributed by atoms with Crippen LogP contribution in [0.5, 0.6) is 11.5 Å². The molecule has 0 spiro atoms. The van der Waals surface area contributed by atoms with Crippen LogP contribution in [0.3, 0.4) is 0 Å². The van der Waals surface area contributed by atoms with E-state index < -0.39 is 0 Å². The van der Waals surface area contributed by atoms with Crippen molar-refractivity contribution in [3.8, 4) is 33.8 Å². The molecule has 8 aromatic rings. The van der Waals surface area contributed by atoms with Crippen molar-refractivity contribution in [1.29, 1.82) is 0 Å². The third-order valence-electron chi connectivity index (χ3n) is 27.1. The van der Waals surface area contributed by atoms with Crippen LogP contribution in [0.2, 0.25) is 0 Å². The van der Waals surface area contributed by atoms with Crippen LogP contribution in [-0.2, 0) is 9.59 Å². The van der Waals surface area contributed by atoms with Gasteiger partial charge in [-0.2, -0.15) is 0 Å². The Balaban J connectivity index is 0.794. The minimum absolute atomic E-state index is 0.127. The molecule has 13 rings (SSSR count). The highest BCUT2D eigenvalue weighted by molar-refractivity contribution is 8.00. The Morgan fingerprint density at radius 1 is 0.328 bits per heavy atom. The van der Waals surface area contributed by atoms with Gasteiger partial charge in [-0.1, -0.05) is 265 Å². The molecule has 0 radical (unpaired) electrons. The number of carbonyl (C=O) groups is 4. The molecule has 2 N–H and O–H groups in total. The third kappa shape index (κ3) is 22.6. The zero-order chi connectivity index (χ0) is 80.9. The van der Waals surface area contributed by atoms with Crippen molar-refractivity contribution in [3.63, 3.8) is 0 Å². The number of benzene rings is 8. The number of fused-ring (bicyclic) bond motifs is 2. The minimum Gasteiger partial charge on any atom is -0.426 e. The molecule has 8 nitrogen and oxygen atoms in total. The molecule has 616 valence electrons. The second kappa shape index (κ2) is 42.8. The Hall–Kier alpha value is -7.66. The molecule has 0 heterocycles. The van der Waals surface area contributed by atoms with E-state index in [9.17, 15) is 9.59 Å². The Kier molecular flexibility index (Phi) is 31.8. The Bertz CT molecular complexity index is 4210. The van der Waals surface area contributed by atoms with Gasteiger partial charge in [0.05, 0.1) is 34.3 Å². The summed E-state index contributed by atoms with van der Waals surface area (Å²) in [4.78, 5) is 64.5. The van der Waals surface area contributed by atoms with Crippen molar-refractivity contribution in [2.75, 3.05) is 10.6 Å². The molecule has 5 aliphatic rings. The lowest BCUT2D eigenvalue weighted by Gasteiger charge is -2.29. The smallest absolute Gasteiger partial charge is 0.314 e. The van der Waals surface area contributed by atoms with Gasteiger partial charge in [-0.15, -0.1) is 0 Å². The van der Waals surface area contributed by atoms with Gasteiger partial charge < -0.3 is 20.1 Å². The van der Waals surface area contributed by atoms with Crippen LogP contribution < -0.4 is 20.1 Å². The summed E-state index contributed by atoms with van der Waals surface area (Å²) in [6.07, 6.45) is 47.2. The first kappa shape index (κ1) is 86.2. The topological polar surface area (TPSA) is 111 Å². The molecule has 5 aliphatic carbocycles. The van der Waals surface area contributed by atoms with Gasteiger partial charge in [0.25, 0.3) is 0 Å². The van der Waals surface area contributed by atoms with Crippen molar-refractivity contribution in [1.82, 2.24) is 0 Å². The molecule has 0 atom stereocenters. The fourth-order valence-corrected chi connectivity index (χ4v) is 22.0. The summed E-state index contributed by atoms with van der Waals surface area (Å²) in [6.45, 7) is 17.0. The van der Waals surface area contributed by atoms with Gasteiger partial charge in [0, 0.05) is 42.1 Å². The summed E-state index contributed by atoms with van der Waals surface area (Å²) in [5.74, 6) is 4.33. The number of ketones is 2. The number of unbranched alkanes of at least 4 members (excludes halogenated alkanes) is 14. The highest BCUT2D eigenvalue weighted by Gasteiger charge is 2.39. The fourth-order valence-electron chi connectivity index (χ4n) is 20.1. The van der Waals surface area contributed by atoms with E-state index in [1.807, 2.05) is 76.2 Å². The summed E-state index contributed by atoms with van der Waals surface area (Å²) in [7, 11) is 0. The monoisotopic (exact) mass is 1590 g/mol. The van der Waals surface area contributed by atoms with Gasteiger partial charge in [-0.05, 0) is 294 Å². The first-order valence-electron chi connectivity index (χ1n) is 46.0. The Morgan fingerprint density at radius 2 is 0.603 bits per heavy atom. The number of hydrogen-bond donors (Lipinski definition) is 2. The lowest BCUT2D eigenvalue weighted by atomic mass is 9.77. The van der Waals surface area contributed by atoms with Crippen molar-refractivity contribution < 1.29 is 28.7 Å². The largest absolute Gasteiger partial charge is 0.426 e. The summed E-state index contributed by atoms with van der Waals surface area (Å²) in [6, 6.07) is 51.7. The molecule has 0 bridgehead atoms. The van der Waals surface area contributed by atoms with E-state index in [0.717, 1.165) is 106 Å². The highest BCUT2D eigenvalue weighted by Crippen LogP contribution is 2.50. The van der Waals surface area contributed by atoms with Crippen LogP contribution in [0.4, 0.5) is 22.7 Å². The maximum absolute atomic E-state index is 16.6. The van der Waals surface area contributed by atoms with Gasteiger partial charge in [-0.25, -0.2) is 0 Å². The van der Waals surface area contributed by atoms with Crippen LogP contribution in [0.1, 0.15) is 349 Å². The summed E-state index contributed by atoms with van der Waals surface area (Å²) < 4.78 is 12.7. The van der Waals surface area contributed by atoms with E-state index in [0.29, 0.717) is 78.8 Å². The Labute approximate surface area is 705 Å². The molecular formula is C106H134N2O6S2. The van der Waals surface area contributed by atoms with Crippen molar-refractivity contribution in [2.24, 2.45) is 35.5 Å². The van der Waals surface area contributed by atoms with E-state index in [-0.39, 0.29) is 46.5 Å². The van der Waals surface area contributed by atoms with E-state index >= 15 is 9.59 Å². The number of esters is 2. The number of ether oxygens (including phenoxy) is 2. The predicted octanol–water partition coefficient (Wildman–Crippen LogP) is 31.5. The minimum atomic E-state index is -0.266. The molecule has 8 aromatic carbocycles. The molecule has 4 saturated carbocycles. The zero-order valence-corrected chi connectivity index (χ0v) is 73.2. The van der Waals surface area contributed by atoms with Crippen LogP contribution in [-0.4, -0.2) is 23.5 Å². The second-order valence-corrected chi connectivity index (χ2v) is 38.1. The van der Waals surface area contributed by atoms with Gasteiger partial charge in [-0.3, -0.25) is 19.2 Å². The lowest BCUT2D eigenvalue weighted by Crippen LogP contribution is -2.26. The van der Waals surface area contributed by atoms with Crippen LogP contribution in [0, 0.1) is 63.2 Å². The SMILES string of the molecule is CCCCCCCCC1CCC(c2ccc(-c3ccc(Sc4ccc(Sc5ccc(-c6ccc(C7CCC(CCCCCCCC)CC7)cc6)cc5)c5c4C(=O)c4c(Nc6cc(C)c(OC(=O)C7CCC(CCCCC)CC7)c(C)c6)ccc(Nc6cc(C)c(OC(=O)C7CCC(CCCCC)CC7)c(C)c6)c4C5=O)cc3)cc2)CC1. The molecule has 0 saturated heterocycles. The Morgan fingerprint density at radius 3 is 0.922 bits per heavy atom. The summed E-state index contributed by atoms with van der Waals surface area (Å²) >= 11 is 3.03. The quantitative estimate of drug-likeness (QED) is 0.0220. The number of aryl methyl sites for hydroxylation is 4. The van der Waals surface area contributed by atoms with Gasteiger partial charge in [0.15, 0.2) is 11.6 Å². The highest BCUT2D eigenvalue weighted by atomic mass is 32.2. The van der Waals surface area contributed by atoms with Gasteiger partial charge in [0.1, 0.15) is 11.5 Å². The average Bonchev–Trinajstić information content (AvgIpc) is 0.722. The van der Waals surface area contributed by atoms with E-state index in [1.165, 1.54) is 238 Å². The van der Waals surface area contributed by atoms with Crippen molar-refractivity contribution in [3.05, 3.63) is 201 Å². The molecular weight excluding hydrogens is 1460 g/mol. The van der Waals surface area contributed by atoms with Gasteiger partial charge >= 0.3 is 11.9 Å². The van der Waals surface area contributed by atoms with E-state index in [4.69, 9.17) is 9.47 Å². The number of anilines is 4. The van der Waals surface area contributed by atoms with Crippen LogP contribution in [0.15, 0.2) is 165 Å². The van der Waals surface area contributed by atoms with Crippen LogP contribution in [0.25, 0.3) is 22.3 Å². The van der Waals surface area contributed by atoms with Crippen molar-refractivity contribution in [2.45, 2.75) is 331 Å². The number of carbonyl (C=O) groups excluding carboxylic acids is 4. The molecule has 0 amide bonds. The second-order valence-electron chi connectivity index (χ2n) is 35.8. The first-order chi connectivity index (χ1) is 56.6. The number of nitrogens with one attached hydrogen (secondary N) is 2. The predicted molar refractivity (Wildman–Crippen MR) is 486 cm³/mol. The van der Waals surface area contributed by atoms with E-state index in [2.05, 4.69) is 135 Å².